The molecule has 108 valence electrons. The molecule has 0 aliphatic heterocycles. The molecule has 6 nitrogen and oxygen atoms in total. The second-order valence-corrected chi connectivity index (χ2v) is 5.74. The first-order chi connectivity index (χ1) is 9.43. The quantitative estimate of drug-likeness (QED) is 0.610. The molecule has 0 fully saturated rings. The molecule has 1 atom stereocenters. The van der Waals surface area contributed by atoms with Crippen molar-refractivity contribution in [2.75, 3.05) is 18.5 Å². The van der Waals surface area contributed by atoms with Crippen molar-refractivity contribution in [3.8, 4) is 0 Å². The first kappa shape index (κ1) is 14.7. The average molecular weight is 297 g/mol. The van der Waals surface area contributed by atoms with E-state index in [9.17, 15) is 18.1 Å². The summed E-state index contributed by atoms with van der Waals surface area (Å²) in [4.78, 5) is -0.165. The first-order valence-corrected chi connectivity index (χ1v) is 7.39. The minimum absolute atomic E-state index is 0.131. The summed E-state index contributed by atoms with van der Waals surface area (Å²) in [6.45, 7) is -0.236. The van der Waals surface area contributed by atoms with E-state index in [0.29, 0.717) is 16.5 Å². The van der Waals surface area contributed by atoms with Crippen molar-refractivity contribution in [2.45, 2.75) is 11.0 Å². The van der Waals surface area contributed by atoms with Gasteiger partial charge in [-0.2, -0.15) is 8.42 Å². The van der Waals surface area contributed by atoms with Crippen LogP contribution in [0.25, 0.3) is 10.8 Å². The largest absolute Gasteiger partial charge is 0.394 e. The molecule has 0 saturated carbocycles. The number of rotatable bonds is 5. The molecule has 0 aromatic heterocycles. The summed E-state index contributed by atoms with van der Waals surface area (Å²) in [6.07, 6.45) is -0.907. The van der Waals surface area contributed by atoms with Crippen LogP contribution in [0.1, 0.15) is 0 Å². The molecule has 0 heterocycles. The number of anilines is 1. The Bertz CT molecular complexity index is 714. The molecule has 0 bridgehead atoms. The van der Waals surface area contributed by atoms with Crippen LogP contribution in [-0.4, -0.2) is 42.4 Å². The van der Waals surface area contributed by atoms with Gasteiger partial charge in [0.05, 0.1) is 12.7 Å². The fourth-order valence-corrected chi connectivity index (χ4v) is 2.66. The molecular formula is C13H15NO5S. The van der Waals surface area contributed by atoms with E-state index in [-0.39, 0.29) is 18.0 Å². The van der Waals surface area contributed by atoms with Crippen molar-refractivity contribution in [3.05, 3.63) is 36.4 Å². The van der Waals surface area contributed by atoms with Crippen molar-refractivity contribution in [3.63, 3.8) is 0 Å². The number of hydrogen-bond donors (Lipinski definition) is 4. The van der Waals surface area contributed by atoms with Crippen molar-refractivity contribution < 1.29 is 23.2 Å². The van der Waals surface area contributed by atoms with E-state index < -0.39 is 16.2 Å². The molecule has 0 aliphatic rings. The van der Waals surface area contributed by atoms with Crippen LogP contribution in [0.4, 0.5) is 5.69 Å². The molecule has 0 aliphatic carbocycles. The van der Waals surface area contributed by atoms with Crippen LogP contribution in [0.3, 0.4) is 0 Å². The normalized spacial score (nSPS) is 13.3. The van der Waals surface area contributed by atoms with Gasteiger partial charge in [0, 0.05) is 23.0 Å². The number of nitrogens with one attached hydrogen (secondary N) is 1. The van der Waals surface area contributed by atoms with Crippen LogP contribution in [0.2, 0.25) is 0 Å². The molecule has 20 heavy (non-hydrogen) atoms. The summed E-state index contributed by atoms with van der Waals surface area (Å²) in [5.41, 5.74) is 0.612. The summed E-state index contributed by atoms with van der Waals surface area (Å²) in [6, 6.07) is 9.51. The van der Waals surface area contributed by atoms with Gasteiger partial charge in [0.1, 0.15) is 4.90 Å². The molecule has 1 unspecified atom stereocenters. The van der Waals surface area contributed by atoms with Crippen LogP contribution in [0, 0.1) is 0 Å². The van der Waals surface area contributed by atoms with Gasteiger partial charge in [0.2, 0.25) is 0 Å². The predicted molar refractivity (Wildman–Crippen MR) is 75.3 cm³/mol. The number of aliphatic hydroxyl groups is 2. The van der Waals surface area contributed by atoms with Gasteiger partial charge in [-0.15, -0.1) is 0 Å². The Morgan fingerprint density at radius 3 is 2.40 bits per heavy atom. The van der Waals surface area contributed by atoms with Crippen LogP contribution < -0.4 is 5.32 Å². The topological polar surface area (TPSA) is 107 Å². The zero-order valence-electron chi connectivity index (χ0n) is 10.5. The highest BCUT2D eigenvalue weighted by Gasteiger charge is 2.14. The van der Waals surface area contributed by atoms with Crippen molar-refractivity contribution in [1.82, 2.24) is 0 Å². The number of aliphatic hydroxyl groups excluding tert-OH is 2. The fourth-order valence-electron chi connectivity index (χ4n) is 1.95. The van der Waals surface area contributed by atoms with E-state index in [4.69, 9.17) is 5.11 Å². The summed E-state index contributed by atoms with van der Waals surface area (Å²) < 4.78 is 31.9. The Balaban J connectivity index is 2.49. The molecule has 7 heteroatoms. The highest BCUT2D eigenvalue weighted by Crippen LogP contribution is 2.28. The zero-order valence-corrected chi connectivity index (χ0v) is 11.3. The summed E-state index contributed by atoms with van der Waals surface area (Å²) in [7, 11) is -4.30. The van der Waals surface area contributed by atoms with Crippen molar-refractivity contribution >= 4 is 26.6 Å². The van der Waals surface area contributed by atoms with E-state index in [1.54, 1.807) is 24.3 Å². The Hall–Kier alpha value is -1.67. The molecular weight excluding hydrogens is 282 g/mol. The molecule has 4 N–H and O–H groups in total. The lowest BCUT2D eigenvalue weighted by atomic mass is 10.1. The molecule has 0 amide bonds. The maximum atomic E-state index is 11.3. The second-order valence-electron chi connectivity index (χ2n) is 4.35. The van der Waals surface area contributed by atoms with Crippen LogP contribution in [0.15, 0.2) is 41.3 Å². The van der Waals surface area contributed by atoms with Crippen LogP contribution in [0.5, 0.6) is 0 Å². The van der Waals surface area contributed by atoms with E-state index in [1.807, 2.05) is 0 Å². The molecule has 0 spiro atoms. The average Bonchev–Trinajstić information content (AvgIpc) is 2.42. The Morgan fingerprint density at radius 1 is 1.10 bits per heavy atom. The smallest absolute Gasteiger partial charge is 0.295 e. The Morgan fingerprint density at radius 2 is 1.75 bits per heavy atom. The number of benzene rings is 2. The molecule has 2 aromatic rings. The third-order valence-electron chi connectivity index (χ3n) is 2.90. The van der Waals surface area contributed by atoms with Crippen molar-refractivity contribution in [1.29, 1.82) is 0 Å². The molecule has 2 aromatic carbocycles. The van der Waals surface area contributed by atoms with Gasteiger partial charge in [-0.25, -0.2) is 0 Å². The van der Waals surface area contributed by atoms with Gasteiger partial charge in [0.25, 0.3) is 10.1 Å². The third-order valence-corrected chi connectivity index (χ3v) is 3.81. The second kappa shape index (κ2) is 5.76. The van der Waals surface area contributed by atoms with Gasteiger partial charge < -0.3 is 15.5 Å². The predicted octanol–water partition coefficient (Wildman–Crippen LogP) is 0.852. The Labute approximate surface area is 116 Å². The SMILES string of the molecule is O=S(=O)(O)c1cccc2c(NCC(O)CO)cccc12. The lowest BCUT2D eigenvalue weighted by Crippen LogP contribution is -2.23. The van der Waals surface area contributed by atoms with Gasteiger partial charge >= 0.3 is 0 Å². The maximum absolute atomic E-state index is 11.3. The van der Waals surface area contributed by atoms with E-state index in [1.165, 1.54) is 12.1 Å². The van der Waals surface area contributed by atoms with E-state index >= 15 is 0 Å². The summed E-state index contributed by atoms with van der Waals surface area (Å²) in [5, 5.41) is 22.0. The summed E-state index contributed by atoms with van der Waals surface area (Å²) >= 11 is 0. The summed E-state index contributed by atoms with van der Waals surface area (Å²) in [5.74, 6) is 0. The highest BCUT2D eigenvalue weighted by atomic mass is 32.2. The van der Waals surface area contributed by atoms with Crippen molar-refractivity contribution in [2.24, 2.45) is 0 Å². The standard InChI is InChI=1S/C13H15NO5S/c15-8-9(16)7-14-12-5-1-4-11-10(12)3-2-6-13(11)20(17,18)19/h1-6,9,14-16H,7-8H2,(H,17,18,19). The minimum atomic E-state index is -4.30. The van der Waals surface area contributed by atoms with E-state index in [2.05, 4.69) is 5.32 Å². The number of hydrogen-bond acceptors (Lipinski definition) is 5. The van der Waals surface area contributed by atoms with Crippen LogP contribution in [-0.2, 0) is 10.1 Å². The third kappa shape index (κ3) is 3.07. The van der Waals surface area contributed by atoms with Gasteiger partial charge in [-0.05, 0) is 12.1 Å². The minimum Gasteiger partial charge on any atom is -0.394 e. The lowest BCUT2D eigenvalue weighted by molar-refractivity contribution is 0.105. The zero-order chi connectivity index (χ0) is 14.8. The maximum Gasteiger partial charge on any atom is 0.295 e. The lowest BCUT2D eigenvalue weighted by Gasteiger charge is -2.13. The molecule has 0 radical (unpaired) electrons. The molecule has 2 rings (SSSR count). The Kier molecular flexibility index (Phi) is 4.24. The van der Waals surface area contributed by atoms with Gasteiger partial charge in [-0.3, -0.25) is 4.55 Å². The van der Waals surface area contributed by atoms with E-state index in [0.717, 1.165) is 0 Å². The van der Waals surface area contributed by atoms with Gasteiger partial charge in [-0.1, -0.05) is 24.3 Å². The highest BCUT2D eigenvalue weighted by molar-refractivity contribution is 7.86. The van der Waals surface area contributed by atoms with Crippen LogP contribution >= 0.6 is 0 Å². The fraction of sp³-hybridized carbons (Fsp3) is 0.231. The monoisotopic (exact) mass is 297 g/mol. The van der Waals surface area contributed by atoms with Gasteiger partial charge in [0.15, 0.2) is 0 Å². The molecule has 0 saturated heterocycles. The first-order valence-electron chi connectivity index (χ1n) is 5.95. The number of fused-ring (bicyclic) bond motifs is 1.